The van der Waals surface area contributed by atoms with Crippen LogP contribution in [0.2, 0.25) is 0 Å². The molecule has 2 heterocycles. The van der Waals surface area contributed by atoms with Crippen LogP contribution in [-0.2, 0) is 13.0 Å². The molecule has 0 radical (unpaired) electrons. The molecule has 0 bridgehead atoms. The van der Waals surface area contributed by atoms with Crippen molar-refractivity contribution in [1.82, 2.24) is 9.88 Å². The van der Waals surface area contributed by atoms with Gasteiger partial charge in [-0.3, -0.25) is 4.79 Å². The number of fused-ring (bicyclic) bond motifs is 1. The van der Waals surface area contributed by atoms with Crippen LogP contribution in [0.5, 0.6) is 0 Å². The molecule has 0 aliphatic carbocycles. The highest BCUT2D eigenvalue weighted by Crippen LogP contribution is 2.32. The van der Waals surface area contributed by atoms with E-state index in [-0.39, 0.29) is 11.5 Å². The Morgan fingerprint density at radius 3 is 2.68 bits per heavy atom. The second-order valence-electron chi connectivity index (χ2n) is 6.21. The number of carbonyl (C=O) groups is 1. The summed E-state index contributed by atoms with van der Waals surface area (Å²) in [5.41, 5.74) is 3.50. The molecule has 1 amide bonds. The smallest absolute Gasteiger partial charge is 0.257 e. The maximum atomic E-state index is 13.9. The van der Waals surface area contributed by atoms with Gasteiger partial charge in [-0.2, -0.15) is 0 Å². The van der Waals surface area contributed by atoms with Gasteiger partial charge in [-0.15, -0.1) is 11.3 Å². The van der Waals surface area contributed by atoms with Gasteiger partial charge in [-0.1, -0.05) is 42.0 Å². The van der Waals surface area contributed by atoms with Crippen LogP contribution in [-0.4, -0.2) is 22.3 Å². The Morgan fingerprint density at radius 1 is 1.16 bits per heavy atom. The molecule has 0 saturated carbocycles. The number of aryl methyl sites for hydroxylation is 1. The fourth-order valence-electron chi connectivity index (χ4n) is 2.99. The van der Waals surface area contributed by atoms with E-state index in [1.54, 1.807) is 28.4 Å². The van der Waals surface area contributed by atoms with Gasteiger partial charge in [0, 0.05) is 23.4 Å². The van der Waals surface area contributed by atoms with E-state index in [0.29, 0.717) is 19.5 Å². The lowest BCUT2D eigenvalue weighted by atomic mass is 10.1. The minimum Gasteiger partial charge on any atom is -0.333 e. The monoisotopic (exact) mass is 352 g/mol. The van der Waals surface area contributed by atoms with E-state index >= 15 is 0 Å². The summed E-state index contributed by atoms with van der Waals surface area (Å²) >= 11 is 1.62. The summed E-state index contributed by atoms with van der Waals surface area (Å²) < 4.78 is 13.9. The van der Waals surface area contributed by atoms with Crippen molar-refractivity contribution in [3.63, 3.8) is 0 Å². The maximum absolute atomic E-state index is 13.9. The van der Waals surface area contributed by atoms with Gasteiger partial charge in [-0.05, 0) is 19.1 Å². The lowest BCUT2D eigenvalue weighted by molar-refractivity contribution is 0.0731. The number of thiazole rings is 1. The highest BCUT2D eigenvalue weighted by molar-refractivity contribution is 7.15. The van der Waals surface area contributed by atoms with Gasteiger partial charge in [0.1, 0.15) is 10.8 Å². The molecule has 2 aromatic carbocycles. The average molecular weight is 352 g/mol. The van der Waals surface area contributed by atoms with E-state index in [9.17, 15) is 9.18 Å². The van der Waals surface area contributed by atoms with Crippen molar-refractivity contribution < 1.29 is 9.18 Å². The highest BCUT2D eigenvalue weighted by atomic mass is 32.1. The van der Waals surface area contributed by atoms with E-state index in [2.05, 4.69) is 31.2 Å². The number of aromatic nitrogens is 1. The van der Waals surface area contributed by atoms with Crippen molar-refractivity contribution in [2.45, 2.75) is 19.9 Å². The molecule has 0 atom stereocenters. The van der Waals surface area contributed by atoms with E-state index in [1.165, 1.54) is 17.7 Å². The van der Waals surface area contributed by atoms with Gasteiger partial charge in [-0.25, -0.2) is 9.37 Å². The molecule has 4 rings (SSSR count). The highest BCUT2D eigenvalue weighted by Gasteiger charge is 2.26. The van der Waals surface area contributed by atoms with Crippen LogP contribution in [0.15, 0.2) is 48.5 Å². The molecule has 126 valence electrons. The zero-order valence-corrected chi connectivity index (χ0v) is 14.6. The predicted molar refractivity (Wildman–Crippen MR) is 97.1 cm³/mol. The Kier molecular flexibility index (Phi) is 4.09. The molecule has 1 aromatic heterocycles. The lowest BCUT2D eigenvalue weighted by Crippen LogP contribution is -2.35. The van der Waals surface area contributed by atoms with E-state index in [4.69, 9.17) is 4.98 Å². The van der Waals surface area contributed by atoms with Crippen LogP contribution in [0.3, 0.4) is 0 Å². The Hall–Kier alpha value is -2.53. The van der Waals surface area contributed by atoms with Gasteiger partial charge in [0.15, 0.2) is 0 Å². The Labute approximate surface area is 149 Å². The maximum Gasteiger partial charge on any atom is 0.257 e. The molecule has 3 nitrogen and oxygen atoms in total. The van der Waals surface area contributed by atoms with Crippen molar-refractivity contribution >= 4 is 17.2 Å². The van der Waals surface area contributed by atoms with Gasteiger partial charge in [0.2, 0.25) is 0 Å². The summed E-state index contributed by atoms with van der Waals surface area (Å²) in [5.74, 6) is -0.725. The number of rotatable bonds is 2. The largest absolute Gasteiger partial charge is 0.333 e. The van der Waals surface area contributed by atoms with Crippen molar-refractivity contribution in [1.29, 1.82) is 0 Å². The first-order chi connectivity index (χ1) is 12.1. The van der Waals surface area contributed by atoms with Crippen LogP contribution < -0.4 is 0 Å². The second kappa shape index (κ2) is 6.41. The molecule has 0 fully saturated rings. The number of hydrogen-bond donors (Lipinski definition) is 0. The third kappa shape index (κ3) is 3.07. The normalized spacial score (nSPS) is 13.6. The quantitative estimate of drug-likeness (QED) is 0.682. The van der Waals surface area contributed by atoms with Crippen molar-refractivity contribution in [2.75, 3.05) is 6.54 Å². The van der Waals surface area contributed by atoms with E-state index in [1.807, 2.05) is 0 Å². The van der Waals surface area contributed by atoms with Gasteiger partial charge in [0.05, 0.1) is 17.8 Å². The number of benzene rings is 2. The van der Waals surface area contributed by atoms with Crippen molar-refractivity contribution in [3.05, 3.63) is 76.0 Å². The van der Waals surface area contributed by atoms with Crippen LogP contribution in [0, 0.1) is 12.7 Å². The topological polar surface area (TPSA) is 33.2 Å². The molecule has 3 aromatic rings. The van der Waals surface area contributed by atoms with Gasteiger partial charge in [0.25, 0.3) is 5.91 Å². The lowest BCUT2D eigenvalue weighted by Gasteiger charge is -2.26. The third-order valence-electron chi connectivity index (χ3n) is 4.42. The van der Waals surface area contributed by atoms with Crippen molar-refractivity contribution in [2.24, 2.45) is 0 Å². The van der Waals surface area contributed by atoms with Crippen LogP contribution in [0.4, 0.5) is 4.39 Å². The summed E-state index contributed by atoms with van der Waals surface area (Å²) in [4.78, 5) is 20.2. The zero-order chi connectivity index (χ0) is 17.4. The van der Waals surface area contributed by atoms with Crippen molar-refractivity contribution in [3.8, 4) is 10.6 Å². The number of halogens is 1. The first-order valence-electron chi connectivity index (χ1n) is 8.21. The standard InChI is InChI=1S/C20H17FN2OS/c1-13-6-8-14(9-7-13)19-22-17-10-11-23(12-18(17)25-19)20(24)15-4-2-3-5-16(15)21/h2-9H,10-12H2,1H3. The van der Waals surface area contributed by atoms with Crippen LogP contribution >= 0.6 is 11.3 Å². The fraction of sp³-hybridized carbons (Fsp3) is 0.200. The van der Waals surface area contributed by atoms with Crippen LogP contribution in [0.1, 0.15) is 26.5 Å². The first-order valence-corrected chi connectivity index (χ1v) is 9.03. The summed E-state index contributed by atoms with van der Waals surface area (Å²) in [6.07, 6.45) is 0.706. The summed E-state index contributed by atoms with van der Waals surface area (Å²) in [5, 5.41) is 0.977. The molecule has 0 unspecified atom stereocenters. The van der Waals surface area contributed by atoms with Gasteiger partial charge < -0.3 is 4.90 Å². The molecule has 0 spiro atoms. The summed E-state index contributed by atoms with van der Waals surface area (Å²) in [6.45, 7) is 3.12. The summed E-state index contributed by atoms with van der Waals surface area (Å²) in [6, 6.07) is 14.4. The molecular formula is C20H17FN2OS. The molecular weight excluding hydrogens is 335 g/mol. The fourth-order valence-corrected chi connectivity index (χ4v) is 4.12. The number of carbonyl (C=O) groups excluding carboxylic acids is 1. The Morgan fingerprint density at radius 2 is 1.92 bits per heavy atom. The zero-order valence-electron chi connectivity index (χ0n) is 13.8. The SMILES string of the molecule is Cc1ccc(-c2nc3c(s2)CN(C(=O)c2ccccc2F)CC3)cc1. The minimum atomic E-state index is -0.469. The van der Waals surface area contributed by atoms with E-state index in [0.717, 1.165) is 21.1 Å². The van der Waals surface area contributed by atoms with Crippen LogP contribution in [0.25, 0.3) is 10.6 Å². The number of amides is 1. The Balaban J connectivity index is 1.58. The average Bonchev–Trinajstić information content (AvgIpc) is 3.05. The minimum absolute atomic E-state index is 0.134. The number of hydrogen-bond acceptors (Lipinski definition) is 3. The molecule has 0 saturated heterocycles. The molecule has 1 aliphatic rings. The molecule has 5 heteroatoms. The first kappa shape index (κ1) is 16.0. The second-order valence-corrected chi connectivity index (χ2v) is 7.30. The molecule has 1 aliphatic heterocycles. The summed E-state index contributed by atoms with van der Waals surface area (Å²) in [7, 11) is 0. The molecule has 0 N–H and O–H groups in total. The molecule has 25 heavy (non-hydrogen) atoms. The third-order valence-corrected chi connectivity index (χ3v) is 5.55. The number of nitrogens with zero attached hydrogens (tertiary/aromatic N) is 2. The Bertz CT molecular complexity index is 933. The van der Waals surface area contributed by atoms with Gasteiger partial charge >= 0.3 is 0 Å². The van der Waals surface area contributed by atoms with E-state index < -0.39 is 5.82 Å². The predicted octanol–water partition coefficient (Wildman–Crippen LogP) is 4.46.